The van der Waals surface area contributed by atoms with E-state index in [1.165, 1.54) is 0 Å². The monoisotopic (exact) mass is 343 g/mol. The molecule has 1 atom stereocenters. The van der Waals surface area contributed by atoms with Crippen LogP contribution in [0.15, 0.2) is 29.8 Å². The summed E-state index contributed by atoms with van der Waals surface area (Å²) in [5.74, 6) is -0.447. The van der Waals surface area contributed by atoms with Crippen molar-refractivity contribution in [1.82, 2.24) is 5.32 Å². The van der Waals surface area contributed by atoms with Crippen LogP contribution >= 0.6 is 0 Å². The maximum Gasteiger partial charge on any atom is 0.261 e. The molecule has 0 aliphatic heterocycles. The quantitative estimate of drug-likeness (QED) is 0.506. The third kappa shape index (κ3) is 6.98. The molecule has 0 fully saturated rings. The predicted molar refractivity (Wildman–Crippen MR) is 102 cm³/mol. The number of hydrogen-bond acceptors (Lipinski definition) is 4. The molecule has 1 amide bonds. The second kappa shape index (κ2) is 11.3. The van der Waals surface area contributed by atoms with Gasteiger partial charge in [0.25, 0.3) is 5.91 Å². The van der Waals surface area contributed by atoms with Crippen LogP contribution in [0, 0.1) is 17.2 Å². The Labute approximate surface area is 151 Å². The summed E-state index contributed by atoms with van der Waals surface area (Å²) in [5, 5.41) is 20.9. The standard InChI is InChI=1S/C20H29N3O2/c1-4-10-23(11-5-2)19-8-6-17(7-9-19)12-18(13-21)20(25)22-14-16(3)15-24/h6-9,12,16,24H,4-5,10-11,14-15H2,1-3H3,(H,22,25)/b18-12+. The van der Waals surface area contributed by atoms with E-state index < -0.39 is 5.91 Å². The summed E-state index contributed by atoms with van der Waals surface area (Å²) in [6.07, 6.45) is 3.77. The van der Waals surface area contributed by atoms with Crippen LogP contribution in [0.1, 0.15) is 39.2 Å². The van der Waals surface area contributed by atoms with Crippen molar-refractivity contribution in [3.05, 3.63) is 35.4 Å². The van der Waals surface area contributed by atoms with Crippen molar-refractivity contribution in [2.45, 2.75) is 33.6 Å². The Kier molecular flexibility index (Phi) is 9.34. The van der Waals surface area contributed by atoms with Gasteiger partial charge in [0.05, 0.1) is 0 Å². The summed E-state index contributed by atoms with van der Waals surface area (Å²) >= 11 is 0. The third-order valence-electron chi connectivity index (χ3n) is 3.84. The van der Waals surface area contributed by atoms with Crippen molar-refractivity contribution in [2.24, 2.45) is 5.92 Å². The first-order chi connectivity index (χ1) is 12.0. The number of nitrogens with zero attached hydrogens (tertiary/aromatic N) is 2. The minimum absolute atomic E-state index is 0.000632. The summed E-state index contributed by atoms with van der Waals surface area (Å²) in [7, 11) is 0. The summed E-state index contributed by atoms with van der Waals surface area (Å²) in [6, 6.07) is 9.85. The molecule has 1 aromatic rings. The van der Waals surface area contributed by atoms with Crippen LogP contribution < -0.4 is 10.2 Å². The number of hydrogen-bond donors (Lipinski definition) is 2. The van der Waals surface area contributed by atoms with Crippen molar-refractivity contribution in [3.8, 4) is 6.07 Å². The van der Waals surface area contributed by atoms with Gasteiger partial charge in [-0.25, -0.2) is 0 Å². The molecule has 2 N–H and O–H groups in total. The molecule has 1 rings (SSSR count). The normalized spacial score (nSPS) is 12.4. The van der Waals surface area contributed by atoms with Gasteiger partial charge in [0.1, 0.15) is 11.6 Å². The Bertz CT molecular complexity index is 596. The molecule has 0 heterocycles. The van der Waals surface area contributed by atoms with E-state index in [1.807, 2.05) is 37.3 Å². The second-order valence-electron chi connectivity index (χ2n) is 6.25. The first-order valence-electron chi connectivity index (χ1n) is 8.91. The lowest BCUT2D eigenvalue weighted by Crippen LogP contribution is -2.30. The van der Waals surface area contributed by atoms with Gasteiger partial charge in [-0.15, -0.1) is 0 Å². The number of nitrogens with one attached hydrogen (secondary N) is 1. The number of carbonyl (C=O) groups is 1. The Hall–Kier alpha value is -2.32. The SMILES string of the molecule is CCCN(CCC)c1ccc(/C=C(\C#N)C(=O)NCC(C)CO)cc1. The lowest BCUT2D eigenvalue weighted by Gasteiger charge is -2.23. The molecule has 136 valence electrons. The summed E-state index contributed by atoms with van der Waals surface area (Å²) in [5.41, 5.74) is 2.04. The molecule has 0 saturated carbocycles. The van der Waals surface area contributed by atoms with Crippen molar-refractivity contribution in [2.75, 3.05) is 31.1 Å². The van der Waals surface area contributed by atoms with Gasteiger partial charge in [0, 0.05) is 31.9 Å². The van der Waals surface area contributed by atoms with E-state index in [-0.39, 0.29) is 18.1 Å². The van der Waals surface area contributed by atoms with Crippen molar-refractivity contribution in [1.29, 1.82) is 5.26 Å². The zero-order valence-corrected chi connectivity index (χ0v) is 15.5. The van der Waals surface area contributed by atoms with E-state index in [0.717, 1.165) is 37.2 Å². The molecular weight excluding hydrogens is 314 g/mol. The Morgan fingerprint density at radius 2 is 1.88 bits per heavy atom. The van der Waals surface area contributed by atoms with Gasteiger partial charge in [0.15, 0.2) is 0 Å². The first-order valence-corrected chi connectivity index (χ1v) is 8.91. The highest BCUT2D eigenvalue weighted by atomic mass is 16.3. The van der Waals surface area contributed by atoms with E-state index in [4.69, 9.17) is 5.11 Å². The lowest BCUT2D eigenvalue weighted by atomic mass is 10.1. The molecule has 25 heavy (non-hydrogen) atoms. The van der Waals surface area contributed by atoms with Crippen LogP contribution in [-0.4, -0.2) is 37.3 Å². The number of amides is 1. The van der Waals surface area contributed by atoms with Gasteiger partial charge in [-0.05, 0) is 42.5 Å². The smallest absolute Gasteiger partial charge is 0.261 e. The fourth-order valence-corrected chi connectivity index (χ4v) is 2.43. The number of anilines is 1. The molecule has 0 bridgehead atoms. The molecule has 1 unspecified atom stereocenters. The van der Waals surface area contributed by atoms with Gasteiger partial charge in [-0.3, -0.25) is 4.79 Å². The van der Waals surface area contributed by atoms with Crippen LogP contribution in [0.3, 0.4) is 0 Å². The number of benzene rings is 1. The maximum atomic E-state index is 12.1. The predicted octanol–water partition coefficient (Wildman–Crippen LogP) is 2.96. The number of carbonyl (C=O) groups excluding carboxylic acids is 1. The number of nitriles is 1. The second-order valence-corrected chi connectivity index (χ2v) is 6.25. The molecule has 0 aliphatic rings. The van der Waals surface area contributed by atoms with Gasteiger partial charge in [0.2, 0.25) is 0 Å². The molecule has 0 radical (unpaired) electrons. The molecule has 1 aromatic carbocycles. The van der Waals surface area contributed by atoms with Crippen LogP contribution in [0.4, 0.5) is 5.69 Å². The highest BCUT2D eigenvalue weighted by Crippen LogP contribution is 2.18. The molecule has 5 heteroatoms. The Morgan fingerprint density at radius 1 is 1.28 bits per heavy atom. The van der Waals surface area contributed by atoms with Gasteiger partial charge < -0.3 is 15.3 Å². The summed E-state index contributed by atoms with van der Waals surface area (Å²) in [4.78, 5) is 14.4. The van der Waals surface area contributed by atoms with E-state index in [2.05, 4.69) is 24.1 Å². The van der Waals surface area contributed by atoms with Crippen molar-refractivity contribution >= 4 is 17.7 Å². The lowest BCUT2D eigenvalue weighted by molar-refractivity contribution is -0.117. The Morgan fingerprint density at radius 3 is 2.36 bits per heavy atom. The van der Waals surface area contributed by atoms with Gasteiger partial charge in [-0.1, -0.05) is 32.9 Å². The topological polar surface area (TPSA) is 76.4 Å². The average Bonchev–Trinajstić information content (AvgIpc) is 2.64. The summed E-state index contributed by atoms with van der Waals surface area (Å²) in [6.45, 7) is 8.52. The highest BCUT2D eigenvalue weighted by molar-refractivity contribution is 6.01. The molecule has 0 saturated heterocycles. The Balaban J connectivity index is 2.83. The van der Waals surface area contributed by atoms with E-state index in [9.17, 15) is 10.1 Å². The van der Waals surface area contributed by atoms with E-state index >= 15 is 0 Å². The van der Waals surface area contributed by atoms with E-state index in [0.29, 0.717) is 6.54 Å². The zero-order chi connectivity index (χ0) is 18.7. The molecule has 0 spiro atoms. The minimum Gasteiger partial charge on any atom is -0.396 e. The summed E-state index contributed by atoms with van der Waals surface area (Å²) < 4.78 is 0. The minimum atomic E-state index is -0.412. The van der Waals surface area contributed by atoms with Crippen molar-refractivity contribution in [3.63, 3.8) is 0 Å². The first kappa shape index (κ1) is 20.7. The van der Waals surface area contributed by atoms with Crippen LogP contribution in [0.2, 0.25) is 0 Å². The molecule has 0 aromatic heterocycles. The third-order valence-corrected chi connectivity index (χ3v) is 3.84. The molecule has 5 nitrogen and oxygen atoms in total. The zero-order valence-electron chi connectivity index (χ0n) is 15.5. The van der Waals surface area contributed by atoms with Gasteiger partial charge in [-0.2, -0.15) is 5.26 Å². The van der Waals surface area contributed by atoms with Crippen LogP contribution in [-0.2, 0) is 4.79 Å². The van der Waals surface area contributed by atoms with Crippen LogP contribution in [0.5, 0.6) is 0 Å². The van der Waals surface area contributed by atoms with Gasteiger partial charge >= 0.3 is 0 Å². The van der Waals surface area contributed by atoms with Crippen LogP contribution in [0.25, 0.3) is 6.08 Å². The molecule has 0 aliphatic carbocycles. The number of aliphatic hydroxyl groups excluding tert-OH is 1. The molecular formula is C20H29N3O2. The van der Waals surface area contributed by atoms with Crippen molar-refractivity contribution < 1.29 is 9.90 Å². The maximum absolute atomic E-state index is 12.1. The largest absolute Gasteiger partial charge is 0.396 e. The number of aliphatic hydroxyl groups is 1. The average molecular weight is 343 g/mol. The highest BCUT2D eigenvalue weighted by Gasteiger charge is 2.10. The fraction of sp³-hybridized carbons (Fsp3) is 0.500. The fourth-order valence-electron chi connectivity index (χ4n) is 2.43. The van der Waals surface area contributed by atoms with E-state index in [1.54, 1.807) is 6.08 Å². The number of rotatable bonds is 10.